The van der Waals surface area contributed by atoms with Crippen molar-refractivity contribution in [3.05, 3.63) is 28.5 Å². The summed E-state index contributed by atoms with van der Waals surface area (Å²) in [6.45, 7) is 2.08. The van der Waals surface area contributed by atoms with Gasteiger partial charge in [-0.05, 0) is 47.3 Å². The third-order valence-corrected chi connectivity index (χ3v) is 3.37. The van der Waals surface area contributed by atoms with Crippen molar-refractivity contribution in [1.82, 2.24) is 4.98 Å². The van der Waals surface area contributed by atoms with E-state index in [2.05, 4.69) is 33.9 Å². The molecule has 1 fully saturated rings. The van der Waals surface area contributed by atoms with E-state index in [1.165, 1.54) is 18.4 Å². The molecule has 2 rings (SSSR count). The Balaban J connectivity index is 2.35. The molecule has 0 amide bonds. The van der Waals surface area contributed by atoms with Crippen LogP contribution in [0.3, 0.4) is 0 Å². The van der Waals surface area contributed by atoms with Crippen LogP contribution in [0.4, 0.5) is 0 Å². The van der Waals surface area contributed by atoms with Gasteiger partial charge in [0.15, 0.2) is 0 Å². The van der Waals surface area contributed by atoms with Crippen LogP contribution in [0.5, 0.6) is 0 Å². The molecule has 1 atom stereocenters. The maximum absolute atomic E-state index is 5.97. The molecule has 0 bridgehead atoms. The monoisotopic (exact) mass is 240 g/mol. The molecular formula is C10H13BrN2. The van der Waals surface area contributed by atoms with Crippen LogP contribution in [0.2, 0.25) is 0 Å². The smallest absolute Gasteiger partial charge is 0.0410 e. The highest BCUT2D eigenvalue weighted by atomic mass is 79.9. The van der Waals surface area contributed by atoms with Crippen molar-refractivity contribution in [3.63, 3.8) is 0 Å². The van der Waals surface area contributed by atoms with E-state index in [0.717, 1.165) is 4.47 Å². The number of hydrogen-bond acceptors (Lipinski definition) is 2. The van der Waals surface area contributed by atoms with E-state index in [0.29, 0.717) is 0 Å². The van der Waals surface area contributed by atoms with Crippen molar-refractivity contribution in [2.45, 2.75) is 31.2 Å². The van der Waals surface area contributed by atoms with Gasteiger partial charge < -0.3 is 5.73 Å². The SMILES string of the molecule is CC(N)C1(c2cncc(Br)c2)CC1. The normalized spacial score (nSPS) is 21.2. The molecule has 0 spiro atoms. The van der Waals surface area contributed by atoms with Crippen LogP contribution in [0, 0.1) is 0 Å². The zero-order valence-electron chi connectivity index (χ0n) is 7.63. The van der Waals surface area contributed by atoms with Gasteiger partial charge in [-0.15, -0.1) is 0 Å². The van der Waals surface area contributed by atoms with Gasteiger partial charge in [0.25, 0.3) is 0 Å². The number of aromatic nitrogens is 1. The van der Waals surface area contributed by atoms with Crippen LogP contribution < -0.4 is 5.73 Å². The van der Waals surface area contributed by atoms with Gasteiger partial charge in [0, 0.05) is 28.3 Å². The Kier molecular flexibility index (Phi) is 2.16. The molecule has 1 heterocycles. The minimum Gasteiger partial charge on any atom is -0.327 e. The molecular weight excluding hydrogens is 228 g/mol. The second-order valence-electron chi connectivity index (χ2n) is 3.84. The summed E-state index contributed by atoms with van der Waals surface area (Å²) in [4.78, 5) is 4.17. The van der Waals surface area contributed by atoms with Crippen molar-refractivity contribution in [2.75, 3.05) is 0 Å². The summed E-state index contributed by atoms with van der Waals surface area (Å²) >= 11 is 3.43. The van der Waals surface area contributed by atoms with E-state index in [1.807, 2.05) is 6.20 Å². The second kappa shape index (κ2) is 3.07. The van der Waals surface area contributed by atoms with Crippen LogP contribution in [0.1, 0.15) is 25.3 Å². The van der Waals surface area contributed by atoms with Gasteiger partial charge in [0.2, 0.25) is 0 Å². The van der Waals surface area contributed by atoms with E-state index < -0.39 is 0 Å². The first-order valence-electron chi connectivity index (χ1n) is 4.52. The minimum absolute atomic E-state index is 0.219. The van der Waals surface area contributed by atoms with E-state index >= 15 is 0 Å². The first-order valence-corrected chi connectivity index (χ1v) is 5.31. The zero-order chi connectivity index (χ0) is 9.47. The standard InChI is InChI=1S/C10H13BrN2/c1-7(12)10(2-3-10)8-4-9(11)6-13-5-8/h4-7H,2-3,12H2,1H3. The number of nitrogens with zero attached hydrogens (tertiary/aromatic N) is 1. The lowest BCUT2D eigenvalue weighted by Crippen LogP contribution is -2.31. The molecule has 0 aliphatic heterocycles. The summed E-state index contributed by atoms with van der Waals surface area (Å²) in [5.41, 5.74) is 7.47. The van der Waals surface area contributed by atoms with Gasteiger partial charge in [-0.3, -0.25) is 4.98 Å². The maximum Gasteiger partial charge on any atom is 0.0410 e. The molecule has 3 heteroatoms. The van der Waals surface area contributed by atoms with Crippen molar-refractivity contribution in [1.29, 1.82) is 0 Å². The van der Waals surface area contributed by atoms with E-state index in [4.69, 9.17) is 5.73 Å². The summed E-state index contributed by atoms with van der Waals surface area (Å²) in [7, 11) is 0. The molecule has 1 aliphatic rings. The number of rotatable bonds is 2. The van der Waals surface area contributed by atoms with Crippen LogP contribution in [-0.2, 0) is 5.41 Å². The molecule has 0 saturated heterocycles. The predicted octanol–water partition coefficient (Wildman–Crippen LogP) is 2.22. The summed E-state index contributed by atoms with van der Waals surface area (Å²) in [6, 6.07) is 2.35. The Bertz CT molecular complexity index is 318. The molecule has 1 aromatic rings. The highest BCUT2D eigenvalue weighted by Crippen LogP contribution is 2.50. The first-order chi connectivity index (χ1) is 6.15. The number of nitrogens with two attached hydrogens (primary N) is 1. The highest BCUT2D eigenvalue weighted by molar-refractivity contribution is 9.10. The summed E-state index contributed by atoms with van der Waals surface area (Å²) in [5, 5.41) is 0. The summed E-state index contributed by atoms with van der Waals surface area (Å²) in [6.07, 6.45) is 6.13. The second-order valence-corrected chi connectivity index (χ2v) is 4.75. The lowest BCUT2D eigenvalue weighted by atomic mass is 9.91. The van der Waals surface area contributed by atoms with Gasteiger partial charge in [-0.2, -0.15) is 0 Å². The number of halogens is 1. The Morgan fingerprint density at radius 2 is 2.23 bits per heavy atom. The third-order valence-electron chi connectivity index (χ3n) is 2.94. The Hall–Kier alpha value is -0.410. The largest absolute Gasteiger partial charge is 0.327 e. The van der Waals surface area contributed by atoms with Crippen molar-refractivity contribution in [2.24, 2.45) is 5.73 Å². The predicted molar refractivity (Wildman–Crippen MR) is 56.5 cm³/mol. The third kappa shape index (κ3) is 1.51. The molecule has 2 N–H and O–H groups in total. The van der Waals surface area contributed by atoms with Gasteiger partial charge in [-0.25, -0.2) is 0 Å². The molecule has 0 aromatic carbocycles. The Morgan fingerprint density at radius 1 is 1.54 bits per heavy atom. The van der Waals surface area contributed by atoms with Crippen LogP contribution in [-0.4, -0.2) is 11.0 Å². The zero-order valence-corrected chi connectivity index (χ0v) is 9.21. The molecule has 70 valence electrons. The minimum atomic E-state index is 0.219. The van der Waals surface area contributed by atoms with Crippen molar-refractivity contribution in [3.8, 4) is 0 Å². The number of hydrogen-bond donors (Lipinski definition) is 1. The molecule has 2 nitrogen and oxygen atoms in total. The molecule has 1 aliphatic carbocycles. The van der Waals surface area contributed by atoms with Gasteiger partial charge in [-0.1, -0.05) is 0 Å². The molecule has 13 heavy (non-hydrogen) atoms. The van der Waals surface area contributed by atoms with Gasteiger partial charge >= 0.3 is 0 Å². The van der Waals surface area contributed by atoms with E-state index in [1.54, 1.807) is 6.20 Å². The molecule has 1 saturated carbocycles. The average molecular weight is 241 g/mol. The Labute approximate surface area is 86.7 Å². The lowest BCUT2D eigenvalue weighted by Gasteiger charge is -2.19. The fourth-order valence-corrected chi connectivity index (χ4v) is 2.19. The number of pyridine rings is 1. The topological polar surface area (TPSA) is 38.9 Å². The highest BCUT2D eigenvalue weighted by Gasteiger charge is 2.47. The summed E-state index contributed by atoms with van der Waals surface area (Å²) in [5.74, 6) is 0. The molecule has 0 radical (unpaired) electrons. The van der Waals surface area contributed by atoms with Crippen LogP contribution in [0.25, 0.3) is 0 Å². The lowest BCUT2D eigenvalue weighted by molar-refractivity contribution is 0.554. The van der Waals surface area contributed by atoms with Crippen molar-refractivity contribution < 1.29 is 0 Å². The van der Waals surface area contributed by atoms with E-state index in [-0.39, 0.29) is 11.5 Å². The molecule has 1 aromatic heterocycles. The first kappa shape index (κ1) is 9.16. The maximum atomic E-state index is 5.97. The van der Waals surface area contributed by atoms with Gasteiger partial charge in [0.1, 0.15) is 0 Å². The quantitative estimate of drug-likeness (QED) is 0.862. The fourth-order valence-electron chi connectivity index (χ4n) is 1.83. The van der Waals surface area contributed by atoms with Crippen LogP contribution in [0.15, 0.2) is 22.9 Å². The van der Waals surface area contributed by atoms with E-state index in [9.17, 15) is 0 Å². The fraction of sp³-hybridized carbons (Fsp3) is 0.500. The van der Waals surface area contributed by atoms with Gasteiger partial charge in [0.05, 0.1) is 0 Å². The average Bonchev–Trinajstić information content (AvgIpc) is 2.83. The Morgan fingerprint density at radius 3 is 2.69 bits per heavy atom. The van der Waals surface area contributed by atoms with Crippen LogP contribution >= 0.6 is 15.9 Å². The van der Waals surface area contributed by atoms with Crippen molar-refractivity contribution >= 4 is 15.9 Å². The molecule has 1 unspecified atom stereocenters. The summed E-state index contributed by atoms with van der Waals surface area (Å²) < 4.78 is 1.04.